The van der Waals surface area contributed by atoms with Crippen LogP contribution in [0.3, 0.4) is 0 Å². The molecule has 1 fully saturated rings. The van der Waals surface area contributed by atoms with Gasteiger partial charge in [0.1, 0.15) is 0 Å². The zero-order chi connectivity index (χ0) is 18.7. The van der Waals surface area contributed by atoms with E-state index in [1.165, 1.54) is 0 Å². The average Bonchev–Trinajstić information content (AvgIpc) is 2.62. The fraction of sp³-hybridized carbons (Fsp3) is 0.333. The summed E-state index contributed by atoms with van der Waals surface area (Å²) < 4.78 is 29.1. The van der Waals surface area contributed by atoms with Crippen LogP contribution in [0.2, 0.25) is 5.02 Å². The molecular formula is C18H21BrClN3O2S. The summed E-state index contributed by atoms with van der Waals surface area (Å²) in [7, 11) is -3.69. The molecule has 3 rings (SSSR count). The zero-order valence-electron chi connectivity index (χ0n) is 14.5. The standard InChI is InChI=1S/C18H21BrClN3O2S/c1-2-22-10-12-23(13-11-22)18-16(20)4-3-5-17(18)21-26(24,25)15-8-6-14(19)7-9-15/h3-9,21H,2,10-13H2,1H3. The van der Waals surface area contributed by atoms with Gasteiger partial charge in [0, 0.05) is 30.7 Å². The van der Waals surface area contributed by atoms with Gasteiger partial charge in [-0.15, -0.1) is 0 Å². The number of nitrogens with one attached hydrogen (secondary N) is 1. The van der Waals surface area contributed by atoms with Crippen LogP contribution in [0.4, 0.5) is 11.4 Å². The molecule has 0 radical (unpaired) electrons. The number of likely N-dealkylation sites (N-methyl/N-ethyl adjacent to an activating group) is 1. The lowest BCUT2D eigenvalue weighted by molar-refractivity contribution is 0.271. The van der Waals surface area contributed by atoms with Crippen molar-refractivity contribution in [2.24, 2.45) is 0 Å². The van der Waals surface area contributed by atoms with E-state index in [0.717, 1.165) is 42.9 Å². The van der Waals surface area contributed by atoms with E-state index in [0.29, 0.717) is 10.7 Å². The molecule has 0 unspecified atom stereocenters. The molecule has 0 aliphatic carbocycles. The Morgan fingerprint density at radius 1 is 1.08 bits per heavy atom. The van der Waals surface area contributed by atoms with E-state index in [1.807, 2.05) is 0 Å². The summed E-state index contributed by atoms with van der Waals surface area (Å²) in [6.45, 7) is 6.64. The Labute approximate surface area is 168 Å². The molecule has 140 valence electrons. The number of para-hydroxylation sites is 1. The van der Waals surface area contributed by atoms with Gasteiger partial charge in [-0.2, -0.15) is 0 Å². The second kappa shape index (κ2) is 8.17. The Balaban J connectivity index is 1.89. The minimum atomic E-state index is -3.69. The lowest BCUT2D eigenvalue weighted by Crippen LogP contribution is -2.46. The first-order chi connectivity index (χ1) is 12.4. The van der Waals surface area contributed by atoms with Crippen molar-refractivity contribution >= 4 is 48.9 Å². The first kappa shape index (κ1) is 19.5. The molecule has 1 N–H and O–H groups in total. The first-order valence-electron chi connectivity index (χ1n) is 8.45. The van der Waals surface area contributed by atoms with Gasteiger partial charge in [0.15, 0.2) is 0 Å². The fourth-order valence-corrected chi connectivity index (χ4v) is 4.65. The van der Waals surface area contributed by atoms with Crippen LogP contribution in [-0.4, -0.2) is 46.0 Å². The highest BCUT2D eigenvalue weighted by Gasteiger charge is 2.23. The summed E-state index contributed by atoms with van der Waals surface area (Å²) in [5, 5.41) is 0.547. The van der Waals surface area contributed by atoms with Crippen molar-refractivity contribution in [2.45, 2.75) is 11.8 Å². The van der Waals surface area contributed by atoms with Crippen LogP contribution in [0.5, 0.6) is 0 Å². The van der Waals surface area contributed by atoms with Gasteiger partial charge < -0.3 is 9.80 Å². The van der Waals surface area contributed by atoms with Gasteiger partial charge in [0.05, 0.1) is 21.3 Å². The normalized spacial score (nSPS) is 15.9. The molecule has 0 atom stereocenters. The first-order valence-corrected chi connectivity index (χ1v) is 11.1. The Bertz CT molecular complexity index is 867. The molecule has 26 heavy (non-hydrogen) atoms. The molecule has 1 aliphatic heterocycles. The average molecular weight is 459 g/mol. The molecule has 8 heteroatoms. The Kier molecular flexibility index (Phi) is 6.12. The summed E-state index contributed by atoms with van der Waals surface area (Å²) in [4.78, 5) is 4.72. The summed E-state index contributed by atoms with van der Waals surface area (Å²) in [5.41, 5.74) is 1.25. The number of hydrogen-bond acceptors (Lipinski definition) is 4. The highest BCUT2D eigenvalue weighted by atomic mass is 79.9. The van der Waals surface area contributed by atoms with Crippen molar-refractivity contribution < 1.29 is 8.42 Å². The smallest absolute Gasteiger partial charge is 0.261 e. The molecule has 0 spiro atoms. The number of nitrogens with zero attached hydrogens (tertiary/aromatic N) is 2. The zero-order valence-corrected chi connectivity index (χ0v) is 17.6. The molecule has 1 heterocycles. The van der Waals surface area contributed by atoms with Crippen molar-refractivity contribution in [3.63, 3.8) is 0 Å². The van der Waals surface area contributed by atoms with Crippen molar-refractivity contribution in [1.29, 1.82) is 0 Å². The summed E-state index contributed by atoms with van der Waals surface area (Å²) in [6, 6.07) is 11.8. The third kappa shape index (κ3) is 4.34. The van der Waals surface area contributed by atoms with E-state index in [-0.39, 0.29) is 4.90 Å². The van der Waals surface area contributed by atoms with E-state index in [4.69, 9.17) is 11.6 Å². The Hall–Kier alpha value is -1.28. The SMILES string of the molecule is CCN1CCN(c2c(Cl)cccc2NS(=O)(=O)c2ccc(Br)cc2)CC1. The van der Waals surface area contributed by atoms with Gasteiger partial charge in [-0.25, -0.2) is 8.42 Å². The molecule has 1 aliphatic rings. The van der Waals surface area contributed by atoms with Gasteiger partial charge in [-0.05, 0) is 42.9 Å². The van der Waals surface area contributed by atoms with Crippen LogP contribution < -0.4 is 9.62 Å². The van der Waals surface area contributed by atoms with Crippen LogP contribution in [0.15, 0.2) is 51.8 Å². The third-order valence-corrected chi connectivity index (χ3v) is 6.71. The van der Waals surface area contributed by atoms with Crippen LogP contribution in [0, 0.1) is 0 Å². The molecule has 0 saturated carbocycles. The van der Waals surface area contributed by atoms with E-state index in [1.54, 1.807) is 42.5 Å². The Morgan fingerprint density at radius 2 is 1.73 bits per heavy atom. The largest absolute Gasteiger partial charge is 0.366 e. The molecular weight excluding hydrogens is 438 g/mol. The van der Waals surface area contributed by atoms with Crippen molar-refractivity contribution in [3.8, 4) is 0 Å². The van der Waals surface area contributed by atoms with E-state index < -0.39 is 10.0 Å². The maximum absolute atomic E-state index is 12.8. The van der Waals surface area contributed by atoms with Crippen LogP contribution in [0.1, 0.15) is 6.92 Å². The summed E-state index contributed by atoms with van der Waals surface area (Å²) in [6.07, 6.45) is 0. The van der Waals surface area contributed by atoms with E-state index in [9.17, 15) is 8.42 Å². The molecule has 1 saturated heterocycles. The van der Waals surface area contributed by atoms with Gasteiger partial charge in [0.2, 0.25) is 0 Å². The number of benzene rings is 2. The van der Waals surface area contributed by atoms with Crippen LogP contribution in [0.25, 0.3) is 0 Å². The number of hydrogen-bond donors (Lipinski definition) is 1. The number of piperazine rings is 1. The predicted molar refractivity (Wildman–Crippen MR) is 111 cm³/mol. The van der Waals surface area contributed by atoms with Gasteiger partial charge in [-0.1, -0.05) is 40.5 Å². The summed E-state index contributed by atoms with van der Waals surface area (Å²) in [5.74, 6) is 0. The van der Waals surface area contributed by atoms with Crippen LogP contribution >= 0.6 is 27.5 Å². The number of anilines is 2. The third-order valence-electron chi connectivity index (χ3n) is 4.49. The maximum atomic E-state index is 12.8. The lowest BCUT2D eigenvalue weighted by Gasteiger charge is -2.36. The molecule has 0 aromatic heterocycles. The topological polar surface area (TPSA) is 52.6 Å². The Morgan fingerprint density at radius 3 is 2.35 bits per heavy atom. The second-order valence-electron chi connectivity index (χ2n) is 6.12. The highest BCUT2D eigenvalue weighted by Crippen LogP contribution is 2.35. The van der Waals surface area contributed by atoms with Crippen molar-refractivity contribution in [1.82, 2.24) is 4.90 Å². The van der Waals surface area contributed by atoms with Gasteiger partial charge in [-0.3, -0.25) is 4.72 Å². The fourth-order valence-electron chi connectivity index (χ4n) is 3.02. The van der Waals surface area contributed by atoms with E-state index >= 15 is 0 Å². The lowest BCUT2D eigenvalue weighted by atomic mass is 10.2. The minimum Gasteiger partial charge on any atom is -0.366 e. The molecule has 0 bridgehead atoms. The van der Waals surface area contributed by atoms with Gasteiger partial charge in [0.25, 0.3) is 10.0 Å². The quantitative estimate of drug-likeness (QED) is 0.734. The second-order valence-corrected chi connectivity index (χ2v) is 9.12. The highest BCUT2D eigenvalue weighted by molar-refractivity contribution is 9.10. The van der Waals surface area contributed by atoms with Gasteiger partial charge >= 0.3 is 0 Å². The molecule has 2 aromatic rings. The van der Waals surface area contributed by atoms with Crippen molar-refractivity contribution in [3.05, 3.63) is 52.0 Å². The molecule has 0 amide bonds. The number of sulfonamides is 1. The molecule has 5 nitrogen and oxygen atoms in total. The monoisotopic (exact) mass is 457 g/mol. The van der Waals surface area contributed by atoms with Crippen molar-refractivity contribution in [2.75, 3.05) is 42.3 Å². The number of rotatable bonds is 5. The predicted octanol–water partition coefficient (Wildman–Crippen LogP) is 4.05. The molecule has 2 aromatic carbocycles. The number of halogens is 2. The summed E-state index contributed by atoms with van der Waals surface area (Å²) >= 11 is 9.75. The maximum Gasteiger partial charge on any atom is 0.261 e. The van der Waals surface area contributed by atoms with E-state index in [2.05, 4.69) is 37.4 Å². The minimum absolute atomic E-state index is 0.211. The van der Waals surface area contributed by atoms with Crippen LogP contribution in [-0.2, 0) is 10.0 Å².